The Morgan fingerprint density at radius 1 is 1.23 bits per heavy atom. The van der Waals surface area contributed by atoms with Crippen LogP contribution in [0.25, 0.3) is 6.08 Å². The summed E-state index contributed by atoms with van der Waals surface area (Å²) in [6.45, 7) is 1.81. The van der Waals surface area contributed by atoms with Crippen molar-refractivity contribution in [3.8, 4) is 0 Å². The zero-order chi connectivity index (χ0) is 17.9. The molecule has 0 bridgehead atoms. The minimum Gasteiger partial charge on any atom is -0.497 e. The number of allylic oxidation sites excluding steroid dienone is 7. The standard InChI is InChI=1S/C22H26N2O2/c1-25-20-11-10-17(13-21(20)26-2)19-15-24(14-16-7-4-3-5-8-16)22-18(19)9-6-12-23-22/h3-4,7,9-11,15,17H,5-6,8,12-14H2,1-2H3. The van der Waals surface area contributed by atoms with E-state index < -0.39 is 0 Å². The average Bonchev–Trinajstić information content (AvgIpc) is 3.07. The molecule has 0 amide bonds. The summed E-state index contributed by atoms with van der Waals surface area (Å²) in [5, 5.41) is 1.30. The van der Waals surface area contributed by atoms with E-state index in [1.165, 1.54) is 16.4 Å². The largest absolute Gasteiger partial charge is 0.497 e. The van der Waals surface area contributed by atoms with Gasteiger partial charge < -0.3 is 14.0 Å². The number of hydrogen-bond donors (Lipinski definition) is 0. The maximum atomic E-state index is 5.56. The van der Waals surface area contributed by atoms with E-state index >= 15 is 0 Å². The van der Waals surface area contributed by atoms with E-state index in [4.69, 9.17) is 14.5 Å². The molecule has 3 aliphatic rings. The number of methoxy groups -OCH3 is 2. The van der Waals surface area contributed by atoms with E-state index in [1.54, 1.807) is 14.2 Å². The fourth-order valence-electron chi connectivity index (χ4n) is 4.01. The summed E-state index contributed by atoms with van der Waals surface area (Å²) in [6, 6.07) is 0. The summed E-state index contributed by atoms with van der Waals surface area (Å²) in [6.07, 6.45) is 19.7. The van der Waals surface area contributed by atoms with Crippen LogP contribution >= 0.6 is 0 Å². The van der Waals surface area contributed by atoms with Gasteiger partial charge in [0.15, 0.2) is 5.76 Å². The molecule has 4 rings (SSSR count). The van der Waals surface area contributed by atoms with Crippen LogP contribution in [-0.2, 0) is 16.0 Å². The predicted octanol–water partition coefficient (Wildman–Crippen LogP) is 3.12. The second kappa shape index (κ2) is 7.40. The average molecular weight is 350 g/mol. The monoisotopic (exact) mass is 350 g/mol. The van der Waals surface area contributed by atoms with Gasteiger partial charge in [-0.05, 0) is 30.9 Å². The third kappa shape index (κ3) is 3.16. The molecule has 1 aromatic rings. The van der Waals surface area contributed by atoms with E-state index in [0.29, 0.717) is 5.92 Å². The lowest BCUT2D eigenvalue weighted by molar-refractivity contribution is 0.215. The number of ether oxygens (including phenoxy) is 2. The van der Waals surface area contributed by atoms with Crippen LogP contribution in [0, 0.1) is 0 Å². The molecule has 2 aliphatic carbocycles. The fourth-order valence-corrected chi connectivity index (χ4v) is 4.01. The fraction of sp³-hybridized carbons (Fsp3) is 0.409. The molecule has 4 nitrogen and oxygen atoms in total. The van der Waals surface area contributed by atoms with E-state index in [9.17, 15) is 0 Å². The van der Waals surface area contributed by atoms with Gasteiger partial charge in [0.1, 0.15) is 11.2 Å². The van der Waals surface area contributed by atoms with E-state index in [1.807, 2.05) is 6.08 Å². The third-order valence-electron chi connectivity index (χ3n) is 5.36. The molecule has 0 radical (unpaired) electrons. The van der Waals surface area contributed by atoms with E-state index in [-0.39, 0.29) is 0 Å². The second-order valence-electron chi connectivity index (χ2n) is 6.98. The van der Waals surface area contributed by atoms with Crippen LogP contribution in [0.5, 0.6) is 0 Å². The summed E-state index contributed by atoms with van der Waals surface area (Å²) in [5.41, 5.74) is 3.95. The molecule has 26 heavy (non-hydrogen) atoms. The predicted molar refractivity (Wildman–Crippen MR) is 103 cm³/mol. The van der Waals surface area contributed by atoms with Crippen molar-refractivity contribution in [1.82, 2.24) is 4.57 Å². The Morgan fingerprint density at radius 2 is 2.15 bits per heavy atom. The molecule has 0 fully saturated rings. The lowest BCUT2D eigenvalue weighted by Gasteiger charge is -2.20. The zero-order valence-corrected chi connectivity index (χ0v) is 15.6. The molecule has 0 N–H and O–H groups in total. The maximum Gasteiger partial charge on any atom is 0.156 e. The van der Waals surface area contributed by atoms with Crippen LogP contribution in [0.1, 0.15) is 37.2 Å². The van der Waals surface area contributed by atoms with E-state index in [2.05, 4.69) is 41.1 Å². The van der Waals surface area contributed by atoms with Crippen LogP contribution in [0.3, 0.4) is 0 Å². The van der Waals surface area contributed by atoms with Crippen molar-refractivity contribution in [2.45, 2.75) is 38.1 Å². The smallest absolute Gasteiger partial charge is 0.156 e. The lowest BCUT2D eigenvalue weighted by Crippen LogP contribution is -2.34. The van der Waals surface area contributed by atoms with Crippen LogP contribution in [-0.4, -0.2) is 25.3 Å². The van der Waals surface area contributed by atoms with Gasteiger partial charge >= 0.3 is 0 Å². The molecule has 0 aromatic carbocycles. The summed E-state index contributed by atoms with van der Waals surface area (Å²) in [7, 11) is 3.41. The van der Waals surface area contributed by atoms with Crippen LogP contribution in [0.15, 0.2) is 58.7 Å². The molecule has 0 saturated heterocycles. The van der Waals surface area contributed by atoms with Gasteiger partial charge in [-0.2, -0.15) is 0 Å². The first kappa shape index (κ1) is 17.0. The molecule has 4 heteroatoms. The normalized spacial score (nSPS) is 21.6. The summed E-state index contributed by atoms with van der Waals surface area (Å²) >= 11 is 0. The molecule has 0 spiro atoms. The van der Waals surface area contributed by atoms with Gasteiger partial charge in [-0.15, -0.1) is 0 Å². The van der Waals surface area contributed by atoms with Gasteiger partial charge in [0.2, 0.25) is 0 Å². The Bertz CT molecular complexity index is 928. The third-order valence-corrected chi connectivity index (χ3v) is 5.36. The van der Waals surface area contributed by atoms with Crippen molar-refractivity contribution in [3.05, 3.63) is 69.9 Å². The highest BCUT2D eigenvalue weighted by atomic mass is 16.5. The molecular weight excluding hydrogens is 324 g/mol. The van der Waals surface area contributed by atoms with E-state index in [0.717, 1.165) is 55.8 Å². The second-order valence-corrected chi connectivity index (χ2v) is 6.98. The van der Waals surface area contributed by atoms with Gasteiger partial charge in [-0.3, -0.25) is 4.99 Å². The van der Waals surface area contributed by atoms with Crippen LogP contribution in [0.4, 0.5) is 0 Å². The molecule has 1 aliphatic heterocycles. The number of aromatic nitrogens is 1. The number of rotatable bonds is 5. The lowest BCUT2D eigenvalue weighted by atomic mass is 9.91. The molecular formula is C22H26N2O2. The molecule has 1 unspecified atom stereocenters. The Kier molecular flexibility index (Phi) is 4.83. The Morgan fingerprint density at radius 3 is 2.92 bits per heavy atom. The maximum absolute atomic E-state index is 5.56. The van der Waals surface area contributed by atoms with Gasteiger partial charge in [0.25, 0.3) is 0 Å². The topological polar surface area (TPSA) is 35.8 Å². The summed E-state index contributed by atoms with van der Waals surface area (Å²) in [5.74, 6) is 2.03. The Hall–Kier alpha value is -2.49. The van der Waals surface area contributed by atoms with Crippen LogP contribution < -0.4 is 10.7 Å². The van der Waals surface area contributed by atoms with Crippen LogP contribution in [0.2, 0.25) is 0 Å². The van der Waals surface area contributed by atoms with Crippen molar-refractivity contribution in [2.75, 3.05) is 20.8 Å². The first-order valence-corrected chi connectivity index (χ1v) is 9.37. The molecule has 136 valence electrons. The summed E-state index contributed by atoms with van der Waals surface area (Å²) in [4.78, 5) is 4.84. The molecule has 1 aromatic heterocycles. The molecule has 2 heterocycles. The highest BCUT2D eigenvalue weighted by molar-refractivity contribution is 5.38. The molecule has 1 atom stereocenters. The quantitative estimate of drug-likeness (QED) is 0.818. The van der Waals surface area contributed by atoms with Crippen molar-refractivity contribution in [1.29, 1.82) is 0 Å². The number of nitrogens with zero attached hydrogens (tertiary/aromatic N) is 2. The zero-order valence-electron chi connectivity index (χ0n) is 15.6. The highest BCUT2D eigenvalue weighted by Crippen LogP contribution is 2.30. The summed E-state index contributed by atoms with van der Waals surface area (Å²) < 4.78 is 13.3. The van der Waals surface area contributed by atoms with Gasteiger partial charge in [-0.1, -0.05) is 36.0 Å². The first-order valence-electron chi connectivity index (χ1n) is 9.37. The SMILES string of the molecule is COC1=C(OC)CC(c2cn(CC3=CC=CCC3)c3c2=CCCN=3)C=C1. The Balaban J connectivity index is 1.70. The van der Waals surface area contributed by atoms with Crippen molar-refractivity contribution < 1.29 is 9.47 Å². The van der Waals surface area contributed by atoms with Crippen molar-refractivity contribution >= 4 is 6.08 Å². The highest BCUT2D eigenvalue weighted by Gasteiger charge is 2.23. The molecule has 0 saturated carbocycles. The minimum atomic E-state index is 0.295. The van der Waals surface area contributed by atoms with Gasteiger partial charge in [0, 0.05) is 36.8 Å². The Labute approximate surface area is 154 Å². The van der Waals surface area contributed by atoms with Crippen molar-refractivity contribution in [2.24, 2.45) is 4.99 Å². The minimum absolute atomic E-state index is 0.295. The first-order chi connectivity index (χ1) is 12.8. The van der Waals surface area contributed by atoms with Gasteiger partial charge in [-0.25, -0.2) is 0 Å². The van der Waals surface area contributed by atoms with Crippen molar-refractivity contribution in [3.63, 3.8) is 0 Å². The van der Waals surface area contributed by atoms with Gasteiger partial charge in [0.05, 0.1) is 14.2 Å². The number of hydrogen-bond acceptors (Lipinski definition) is 3. The number of fused-ring (bicyclic) bond motifs is 1.